The van der Waals surface area contributed by atoms with Gasteiger partial charge in [0.1, 0.15) is 0 Å². The van der Waals surface area contributed by atoms with Crippen molar-refractivity contribution in [3.8, 4) is 0 Å². The lowest BCUT2D eigenvalue weighted by Gasteiger charge is -2.11. The first kappa shape index (κ1) is 16.7. The maximum absolute atomic E-state index is 11.6. The molecule has 0 aromatic heterocycles. The summed E-state index contributed by atoms with van der Waals surface area (Å²) < 4.78 is 0.681. The van der Waals surface area contributed by atoms with Crippen molar-refractivity contribution in [3.05, 3.63) is 27.2 Å². The minimum absolute atomic E-state index is 0.0382. The van der Waals surface area contributed by atoms with Crippen LogP contribution in [0.4, 0.5) is 10.5 Å². The van der Waals surface area contributed by atoms with E-state index in [1.807, 2.05) is 6.92 Å². The molecule has 0 radical (unpaired) electrons. The average molecular weight is 366 g/mol. The highest BCUT2D eigenvalue weighted by atomic mass is 79.9. The Morgan fingerprint density at radius 2 is 2.10 bits per heavy atom. The standard InChI is InChI=1S/C12H14BrClN2O4/c1-6-4-7(13)9(5-8(6)14)16-12(20)15-3-2-10(17)11(18)19/h4-5,10,17H,2-3H2,1H3,(H,18,19)(H2,15,16,20)/t10-/m0/s1. The maximum atomic E-state index is 11.6. The van der Waals surface area contributed by atoms with Gasteiger partial charge in [-0.15, -0.1) is 0 Å². The third kappa shape index (κ3) is 4.99. The minimum atomic E-state index is -1.49. The SMILES string of the molecule is Cc1cc(Br)c(NC(=O)NCC[C@H](O)C(=O)O)cc1Cl. The summed E-state index contributed by atoms with van der Waals surface area (Å²) in [6, 6.07) is 2.86. The fourth-order valence-corrected chi connectivity index (χ4v) is 2.08. The Morgan fingerprint density at radius 1 is 1.45 bits per heavy atom. The molecular weight excluding hydrogens is 351 g/mol. The number of aliphatic hydroxyl groups excluding tert-OH is 1. The quantitative estimate of drug-likeness (QED) is 0.644. The lowest BCUT2D eigenvalue weighted by atomic mass is 10.2. The lowest BCUT2D eigenvalue weighted by molar-refractivity contribution is -0.146. The van der Waals surface area contributed by atoms with E-state index in [1.54, 1.807) is 12.1 Å². The molecule has 0 spiro atoms. The Kier molecular flexibility index (Phi) is 6.25. The van der Waals surface area contributed by atoms with E-state index in [2.05, 4.69) is 26.6 Å². The van der Waals surface area contributed by atoms with Crippen molar-refractivity contribution >= 4 is 45.2 Å². The average Bonchev–Trinajstić information content (AvgIpc) is 2.35. The number of aryl methyl sites for hydroxylation is 1. The second kappa shape index (κ2) is 7.47. The fraction of sp³-hybridized carbons (Fsp3) is 0.333. The van der Waals surface area contributed by atoms with Crippen LogP contribution in [-0.4, -0.2) is 34.9 Å². The van der Waals surface area contributed by atoms with Crippen molar-refractivity contribution in [2.45, 2.75) is 19.4 Å². The summed E-state index contributed by atoms with van der Waals surface area (Å²) in [5, 5.41) is 23.1. The number of carbonyl (C=O) groups is 2. The Morgan fingerprint density at radius 3 is 2.70 bits per heavy atom. The van der Waals surface area contributed by atoms with Crippen LogP contribution in [0.3, 0.4) is 0 Å². The molecule has 1 rings (SSSR count). The van der Waals surface area contributed by atoms with Crippen molar-refractivity contribution in [1.82, 2.24) is 5.32 Å². The van der Waals surface area contributed by atoms with E-state index in [4.69, 9.17) is 21.8 Å². The number of carboxylic acids is 1. The number of carbonyl (C=O) groups excluding carboxylic acids is 1. The molecule has 1 aromatic rings. The number of urea groups is 1. The van der Waals surface area contributed by atoms with Crippen LogP contribution in [0.15, 0.2) is 16.6 Å². The van der Waals surface area contributed by atoms with Crippen molar-refractivity contribution in [3.63, 3.8) is 0 Å². The second-order valence-corrected chi connectivity index (χ2v) is 5.37. The van der Waals surface area contributed by atoms with Gasteiger partial charge in [-0.05, 0) is 40.5 Å². The van der Waals surface area contributed by atoms with Gasteiger partial charge in [0, 0.05) is 22.5 Å². The number of rotatable bonds is 5. The molecule has 0 aliphatic rings. The number of hydrogen-bond donors (Lipinski definition) is 4. The first-order chi connectivity index (χ1) is 9.31. The monoisotopic (exact) mass is 364 g/mol. The van der Waals surface area contributed by atoms with E-state index < -0.39 is 18.1 Å². The summed E-state index contributed by atoms with van der Waals surface area (Å²) in [6.45, 7) is 1.88. The van der Waals surface area contributed by atoms with Crippen LogP contribution in [-0.2, 0) is 4.79 Å². The number of benzene rings is 1. The van der Waals surface area contributed by atoms with Crippen LogP contribution in [0.5, 0.6) is 0 Å². The summed E-state index contributed by atoms with van der Waals surface area (Å²) in [6.07, 6.45) is -1.56. The smallest absolute Gasteiger partial charge is 0.332 e. The highest BCUT2D eigenvalue weighted by molar-refractivity contribution is 9.10. The van der Waals surface area contributed by atoms with Crippen LogP contribution in [0, 0.1) is 6.92 Å². The first-order valence-electron chi connectivity index (χ1n) is 5.72. The minimum Gasteiger partial charge on any atom is -0.479 e. The normalized spacial score (nSPS) is 11.8. The number of hydrogen-bond acceptors (Lipinski definition) is 3. The van der Waals surface area contributed by atoms with Crippen molar-refractivity contribution in [2.75, 3.05) is 11.9 Å². The van der Waals surface area contributed by atoms with Crippen LogP contribution < -0.4 is 10.6 Å². The maximum Gasteiger partial charge on any atom is 0.332 e. The van der Waals surface area contributed by atoms with Gasteiger partial charge in [0.25, 0.3) is 0 Å². The summed E-state index contributed by atoms with van der Waals surface area (Å²) in [4.78, 5) is 22.0. The van der Waals surface area contributed by atoms with E-state index in [9.17, 15) is 9.59 Å². The summed E-state index contributed by atoms with van der Waals surface area (Å²) in [5.74, 6) is -1.32. The zero-order valence-corrected chi connectivity index (χ0v) is 13.0. The summed E-state index contributed by atoms with van der Waals surface area (Å²) >= 11 is 9.26. The second-order valence-electron chi connectivity index (χ2n) is 4.10. The molecule has 4 N–H and O–H groups in total. The molecule has 1 aromatic carbocycles. The van der Waals surface area contributed by atoms with E-state index in [0.717, 1.165) is 5.56 Å². The van der Waals surface area contributed by atoms with Crippen LogP contribution in [0.2, 0.25) is 5.02 Å². The van der Waals surface area contributed by atoms with Crippen molar-refractivity contribution in [1.29, 1.82) is 0 Å². The highest BCUT2D eigenvalue weighted by Gasteiger charge is 2.13. The molecule has 0 heterocycles. The Balaban J connectivity index is 2.51. The van der Waals surface area contributed by atoms with Gasteiger partial charge in [0.15, 0.2) is 6.10 Å². The predicted molar refractivity (Wildman–Crippen MR) is 79.2 cm³/mol. The zero-order chi connectivity index (χ0) is 15.3. The van der Waals surface area contributed by atoms with Gasteiger partial charge in [-0.25, -0.2) is 9.59 Å². The van der Waals surface area contributed by atoms with Crippen molar-refractivity contribution < 1.29 is 19.8 Å². The number of anilines is 1. The topological polar surface area (TPSA) is 98.7 Å². The fourth-order valence-electron chi connectivity index (χ4n) is 1.35. The molecule has 0 unspecified atom stereocenters. The largest absolute Gasteiger partial charge is 0.479 e. The molecule has 20 heavy (non-hydrogen) atoms. The predicted octanol–water partition coefficient (Wildman–Crippen LogP) is 2.37. The number of aliphatic carboxylic acids is 1. The molecule has 0 saturated heterocycles. The zero-order valence-electron chi connectivity index (χ0n) is 10.6. The molecule has 2 amide bonds. The molecule has 1 atom stereocenters. The van der Waals surface area contributed by atoms with Crippen LogP contribution in [0.25, 0.3) is 0 Å². The molecule has 110 valence electrons. The molecule has 0 fully saturated rings. The van der Waals surface area contributed by atoms with Gasteiger partial charge in [-0.2, -0.15) is 0 Å². The van der Waals surface area contributed by atoms with Gasteiger partial charge < -0.3 is 20.8 Å². The Bertz CT molecular complexity index is 524. The van der Waals surface area contributed by atoms with Crippen molar-refractivity contribution in [2.24, 2.45) is 0 Å². The lowest BCUT2D eigenvalue weighted by Crippen LogP contribution is -2.33. The molecule has 0 bridgehead atoms. The number of amides is 2. The van der Waals surface area contributed by atoms with Crippen LogP contribution in [0.1, 0.15) is 12.0 Å². The van der Waals surface area contributed by atoms with E-state index in [-0.39, 0.29) is 13.0 Å². The first-order valence-corrected chi connectivity index (χ1v) is 6.89. The van der Waals surface area contributed by atoms with Gasteiger partial charge in [0.2, 0.25) is 0 Å². The number of nitrogens with one attached hydrogen (secondary N) is 2. The van der Waals surface area contributed by atoms with E-state index in [1.165, 1.54) is 0 Å². The molecule has 0 saturated carbocycles. The van der Waals surface area contributed by atoms with Gasteiger partial charge in [-0.1, -0.05) is 11.6 Å². The number of halogens is 2. The molecule has 0 aliphatic heterocycles. The van der Waals surface area contributed by atoms with E-state index >= 15 is 0 Å². The molecule has 0 aliphatic carbocycles. The third-order valence-corrected chi connectivity index (χ3v) is 3.55. The Labute approximate surface area is 129 Å². The highest BCUT2D eigenvalue weighted by Crippen LogP contribution is 2.28. The van der Waals surface area contributed by atoms with Gasteiger partial charge in [-0.3, -0.25) is 0 Å². The number of aliphatic hydroxyl groups is 1. The van der Waals surface area contributed by atoms with E-state index in [0.29, 0.717) is 15.2 Å². The van der Waals surface area contributed by atoms with Crippen LogP contribution >= 0.6 is 27.5 Å². The van der Waals surface area contributed by atoms with Gasteiger partial charge >= 0.3 is 12.0 Å². The third-order valence-electron chi connectivity index (χ3n) is 2.48. The Hall–Kier alpha value is -1.31. The summed E-state index contributed by atoms with van der Waals surface area (Å²) in [7, 11) is 0. The summed E-state index contributed by atoms with van der Waals surface area (Å²) in [5.41, 5.74) is 1.37. The molecular formula is C12H14BrClN2O4. The van der Waals surface area contributed by atoms with Gasteiger partial charge in [0.05, 0.1) is 5.69 Å². The molecule has 6 nitrogen and oxygen atoms in total. The number of carboxylic acid groups (broad SMARTS) is 1. The molecule has 8 heteroatoms.